The first-order chi connectivity index (χ1) is 9.22. The van der Waals surface area contributed by atoms with Crippen molar-refractivity contribution in [1.29, 1.82) is 0 Å². The van der Waals surface area contributed by atoms with Gasteiger partial charge in [-0.25, -0.2) is 4.39 Å². The van der Waals surface area contributed by atoms with Crippen LogP contribution in [0.2, 0.25) is 0 Å². The number of rotatable bonds is 2. The highest BCUT2D eigenvalue weighted by Gasteiger charge is 2.17. The molecule has 0 fully saturated rings. The fourth-order valence-corrected chi connectivity index (χ4v) is 2.71. The Balaban J connectivity index is 1.87. The minimum Gasteiger partial charge on any atom is -0.399 e. The molecule has 0 radical (unpaired) electrons. The maximum atomic E-state index is 13.2. The van der Waals surface area contributed by atoms with Crippen molar-refractivity contribution in [3.63, 3.8) is 0 Å². The van der Waals surface area contributed by atoms with Gasteiger partial charge in [-0.3, -0.25) is 0 Å². The summed E-state index contributed by atoms with van der Waals surface area (Å²) >= 11 is 0. The molecule has 0 bridgehead atoms. The average Bonchev–Trinajstić information content (AvgIpc) is 2.38. The van der Waals surface area contributed by atoms with Gasteiger partial charge in [-0.2, -0.15) is 0 Å². The molecule has 1 heterocycles. The molecule has 0 unspecified atom stereocenters. The Hall–Kier alpha value is -2.03. The van der Waals surface area contributed by atoms with E-state index in [0.717, 1.165) is 37.2 Å². The number of hydrogen-bond donors (Lipinski definition) is 1. The van der Waals surface area contributed by atoms with Gasteiger partial charge in [-0.15, -0.1) is 0 Å². The van der Waals surface area contributed by atoms with E-state index in [0.29, 0.717) is 0 Å². The summed E-state index contributed by atoms with van der Waals surface area (Å²) in [6.45, 7) is 1.75. The zero-order chi connectivity index (χ0) is 13.2. The molecule has 19 heavy (non-hydrogen) atoms. The van der Waals surface area contributed by atoms with Gasteiger partial charge >= 0.3 is 0 Å². The molecule has 1 aliphatic rings. The van der Waals surface area contributed by atoms with Crippen molar-refractivity contribution < 1.29 is 4.39 Å². The topological polar surface area (TPSA) is 29.3 Å². The summed E-state index contributed by atoms with van der Waals surface area (Å²) in [6, 6.07) is 12.9. The number of fused-ring (bicyclic) bond motifs is 1. The second kappa shape index (κ2) is 4.92. The number of benzene rings is 2. The SMILES string of the molecule is Nc1ccc2c(c1)CCCN2Cc1cccc(F)c1. The molecule has 2 aromatic rings. The van der Waals surface area contributed by atoms with Gasteiger partial charge in [-0.05, 0) is 54.3 Å². The summed E-state index contributed by atoms with van der Waals surface area (Å²) in [5.41, 5.74) is 10.2. The van der Waals surface area contributed by atoms with Crippen molar-refractivity contribution in [1.82, 2.24) is 0 Å². The predicted octanol–water partition coefficient (Wildman–Crippen LogP) is 3.36. The minimum atomic E-state index is -0.174. The highest BCUT2D eigenvalue weighted by atomic mass is 19.1. The molecule has 0 spiro atoms. The molecule has 98 valence electrons. The first-order valence-electron chi connectivity index (χ1n) is 6.60. The lowest BCUT2D eigenvalue weighted by atomic mass is 10.0. The monoisotopic (exact) mass is 256 g/mol. The van der Waals surface area contributed by atoms with Crippen molar-refractivity contribution >= 4 is 11.4 Å². The normalized spacial score (nSPS) is 14.3. The molecule has 3 rings (SSSR count). The summed E-state index contributed by atoms with van der Waals surface area (Å²) in [6.07, 6.45) is 2.19. The van der Waals surface area contributed by atoms with Gasteiger partial charge < -0.3 is 10.6 Å². The Bertz CT molecular complexity index is 595. The standard InChI is InChI=1S/C16H17FN2/c17-14-5-1-3-12(9-14)11-19-8-2-4-13-10-15(18)6-7-16(13)19/h1,3,5-7,9-10H,2,4,8,11,18H2. The van der Waals surface area contributed by atoms with Crippen LogP contribution in [0.3, 0.4) is 0 Å². The largest absolute Gasteiger partial charge is 0.399 e. The molecule has 0 saturated carbocycles. The molecule has 2 nitrogen and oxygen atoms in total. The second-order valence-electron chi connectivity index (χ2n) is 5.04. The van der Waals surface area contributed by atoms with E-state index in [2.05, 4.69) is 11.0 Å². The summed E-state index contributed by atoms with van der Waals surface area (Å²) in [5.74, 6) is -0.174. The molecule has 3 heteroatoms. The van der Waals surface area contributed by atoms with E-state index in [-0.39, 0.29) is 5.82 Å². The van der Waals surface area contributed by atoms with Crippen LogP contribution in [-0.2, 0) is 13.0 Å². The Kier molecular flexibility index (Phi) is 3.11. The maximum absolute atomic E-state index is 13.2. The molecular formula is C16H17FN2. The molecule has 0 atom stereocenters. The van der Waals surface area contributed by atoms with Crippen LogP contribution in [0.4, 0.5) is 15.8 Å². The first-order valence-corrected chi connectivity index (χ1v) is 6.60. The van der Waals surface area contributed by atoms with Crippen molar-refractivity contribution in [3.05, 3.63) is 59.4 Å². The fourth-order valence-electron chi connectivity index (χ4n) is 2.71. The fraction of sp³-hybridized carbons (Fsp3) is 0.250. The number of aryl methyl sites for hydroxylation is 1. The summed E-state index contributed by atoms with van der Waals surface area (Å²) in [4.78, 5) is 2.30. The van der Waals surface area contributed by atoms with Gasteiger partial charge in [0.05, 0.1) is 0 Å². The molecule has 2 N–H and O–H groups in total. The predicted molar refractivity (Wildman–Crippen MR) is 76.6 cm³/mol. The molecule has 0 amide bonds. The number of nitrogens with two attached hydrogens (primary N) is 1. The van der Waals surface area contributed by atoms with Crippen molar-refractivity contribution in [2.24, 2.45) is 0 Å². The number of nitrogens with zero attached hydrogens (tertiary/aromatic N) is 1. The number of nitrogen functional groups attached to an aromatic ring is 1. The van der Waals surface area contributed by atoms with Gasteiger partial charge in [0, 0.05) is 24.5 Å². The third-order valence-corrected chi connectivity index (χ3v) is 3.58. The second-order valence-corrected chi connectivity index (χ2v) is 5.04. The molecule has 1 aliphatic heterocycles. The Morgan fingerprint density at radius 3 is 2.89 bits per heavy atom. The molecule has 0 saturated heterocycles. The number of anilines is 2. The third-order valence-electron chi connectivity index (χ3n) is 3.58. The summed E-state index contributed by atoms with van der Waals surface area (Å²) in [7, 11) is 0. The van der Waals surface area contributed by atoms with Crippen LogP contribution >= 0.6 is 0 Å². The van der Waals surface area contributed by atoms with Crippen LogP contribution in [0, 0.1) is 5.82 Å². The number of hydrogen-bond acceptors (Lipinski definition) is 2. The zero-order valence-corrected chi connectivity index (χ0v) is 10.8. The van der Waals surface area contributed by atoms with Crippen LogP contribution in [0.15, 0.2) is 42.5 Å². The van der Waals surface area contributed by atoms with Crippen molar-refractivity contribution in [2.45, 2.75) is 19.4 Å². The molecule has 0 aliphatic carbocycles. The maximum Gasteiger partial charge on any atom is 0.123 e. The average molecular weight is 256 g/mol. The Labute approximate surface area is 112 Å². The van der Waals surface area contributed by atoms with Gasteiger partial charge in [0.25, 0.3) is 0 Å². The van der Waals surface area contributed by atoms with E-state index in [1.807, 2.05) is 18.2 Å². The molecular weight excluding hydrogens is 239 g/mol. The van der Waals surface area contributed by atoms with Gasteiger partial charge in [0.15, 0.2) is 0 Å². The van der Waals surface area contributed by atoms with E-state index in [1.54, 1.807) is 12.1 Å². The first kappa shape index (κ1) is 12.0. The minimum absolute atomic E-state index is 0.174. The molecule has 0 aromatic heterocycles. The smallest absolute Gasteiger partial charge is 0.123 e. The van der Waals surface area contributed by atoms with Gasteiger partial charge in [0.1, 0.15) is 5.82 Å². The lowest BCUT2D eigenvalue weighted by Crippen LogP contribution is -2.28. The number of halogens is 1. The van der Waals surface area contributed by atoms with E-state index in [4.69, 9.17) is 5.73 Å². The van der Waals surface area contributed by atoms with Crippen LogP contribution in [0.5, 0.6) is 0 Å². The van der Waals surface area contributed by atoms with Crippen LogP contribution in [-0.4, -0.2) is 6.54 Å². The van der Waals surface area contributed by atoms with Gasteiger partial charge in [0.2, 0.25) is 0 Å². The van der Waals surface area contributed by atoms with E-state index < -0.39 is 0 Å². The van der Waals surface area contributed by atoms with Crippen LogP contribution in [0.25, 0.3) is 0 Å². The lowest BCUT2D eigenvalue weighted by Gasteiger charge is -2.31. The highest BCUT2D eigenvalue weighted by molar-refractivity contribution is 5.61. The van der Waals surface area contributed by atoms with E-state index in [9.17, 15) is 4.39 Å². The zero-order valence-electron chi connectivity index (χ0n) is 10.8. The summed E-state index contributed by atoms with van der Waals surface area (Å²) < 4.78 is 13.2. The molecule has 2 aromatic carbocycles. The van der Waals surface area contributed by atoms with E-state index in [1.165, 1.54) is 17.3 Å². The lowest BCUT2D eigenvalue weighted by molar-refractivity contribution is 0.622. The third kappa shape index (κ3) is 2.55. The van der Waals surface area contributed by atoms with E-state index >= 15 is 0 Å². The Morgan fingerprint density at radius 1 is 1.16 bits per heavy atom. The Morgan fingerprint density at radius 2 is 2.05 bits per heavy atom. The quantitative estimate of drug-likeness (QED) is 0.835. The summed E-state index contributed by atoms with van der Waals surface area (Å²) in [5, 5.41) is 0. The van der Waals surface area contributed by atoms with Crippen LogP contribution < -0.4 is 10.6 Å². The highest BCUT2D eigenvalue weighted by Crippen LogP contribution is 2.30. The van der Waals surface area contributed by atoms with Crippen LogP contribution in [0.1, 0.15) is 17.5 Å². The van der Waals surface area contributed by atoms with Crippen molar-refractivity contribution in [2.75, 3.05) is 17.2 Å². The van der Waals surface area contributed by atoms with Gasteiger partial charge in [-0.1, -0.05) is 12.1 Å². The van der Waals surface area contributed by atoms with Crippen molar-refractivity contribution in [3.8, 4) is 0 Å².